The van der Waals surface area contributed by atoms with Gasteiger partial charge in [0.05, 0.1) is 5.56 Å². The topological polar surface area (TPSA) is 67.4 Å². The third-order valence-electron chi connectivity index (χ3n) is 5.58. The van der Waals surface area contributed by atoms with Crippen molar-refractivity contribution in [3.63, 3.8) is 0 Å². The lowest BCUT2D eigenvalue weighted by molar-refractivity contribution is -0.124. The zero-order valence-corrected chi connectivity index (χ0v) is 16.5. The van der Waals surface area contributed by atoms with Crippen LogP contribution < -0.4 is 15.4 Å². The molecule has 0 aliphatic heterocycles. The van der Waals surface area contributed by atoms with E-state index in [1.165, 1.54) is 6.42 Å². The zero-order valence-electron chi connectivity index (χ0n) is 16.5. The number of carbonyl (C=O) groups is 2. The third kappa shape index (κ3) is 5.12. The van der Waals surface area contributed by atoms with E-state index in [0.29, 0.717) is 28.8 Å². The average Bonchev–Trinajstić information content (AvgIpc) is 2.71. The number of rotatable bonds is 6. The summed E-state index contributed by atoms with van der Waals surface area (Å²) in [6, 6.07) is 16.4. The summed E-state index contributed by atoms with van der Waals surface area (Å²) >= 11 is 0. The number of carbonyl (C=O) groups excluding carboxylic acids is 2. The van der Waals surface area contributed by atoms with Crippen molar-refractivity contribution in [2.75, 3.05) is 11.9 Å². The van der Waals surface area contributed by atoms with E-state index in [2.05, 4.69) is 24.5 Å². The number of nitrogens with one attached hydrogen (secondary N) is 2. The van der Waals surface area contributed by atoms with Gasteiger partial charge in [0.25, 0.3) is 11.8 Å². The quantitative estimate of drug-likeness (QED) is 0.787. The Labute approximate surface area is 166 Å². The molecule has 5 heteroatoms. The van der Waals surface area contributed by atoms with E-state index in [0.717, 1.165) is 12.8 Å². The molecule has 2 aromatic carbocycles. The van der Waals surface area contributed by atoms with Gasteiger partial charge in [0.1, 0.15) is 5.75 Å². The van der Waals surface area contributed by atoms with Crippen LogP contribution in [0.4, 0.5) is 5.69 Å². The van der Waals surface area contributed by atoms with Crippen LogP contribution in [0.25, 0.3) is 0 Å². The molecule has 0 aromatic heterocycles. The summed E-state index contributed by atoms with van der Waals surface area (Å²) in [6.45, 7) is 4.33. The van der Waals surface area contributed by atoms with Gasteiger partial charge in [0, 0.05) is 11.7 Å². The standard InChI is InChI=1S/C23H28N2O3/c1-16-9-8-13-20(17(16)2)25-22(26)15-28-21-14-7-6-12-19(21)23(27)24-18-10-4-3-5-11-18/h3-7,10-12,14,16-17,20H,8-9,13,15H2,1-2H3,(H,24,27)(H,25,26)/t16-,17-,20+/m1/s1. The molecule has 2 amide bonds. The Kier molecular flexibility index (Phi) is 6.69. The molecular weight excluding hydrogens is 352 g/mol. The Balaban J connectivity index is 1.58. The Morgan fingerprint density at radius 2 is 1.71 bits per heavy atom. The van der Waals surface area contributed by atoms with Crippen LogP contribution in [0.3, 0.4) is 0 Å². The van der Waals surface area contributed by atoms with Crippen LogP contribution in [0.15, 0.2) is 54.6 Å². The second-order valence-corrected chi connectivity index (χ2v) is 7.55. The van der Waals surface area contributed by atoms with E-state index in [1.807, 2.05) is 30.3 Å². The second-order valence-electron chi connectivity index (χ2n) is 7.55. The molecule has 148 valence electrons. The highest BCUT2D eigenvalue weighted by Crippen LogP contribution is 2.29. The molecule has 0 unspecified atom stereocenters. The van der Waals surface area contributed by atoms with Gasteiger partial charge in [-0.05, 0) is 42.5 Å². The van der Waals surface area contributed by atoms with E-state index < -0.39 is 0 Å². The maximum Gasteiger partial charge on any atom is 0.259 e. The maximum absolute atomic E-state index is 12.6. The summed E-state index contributed by atoms with van der Waals surface area (Å²) < 4.78 is 5.69. The van der Waals surface area contributed by atoms with Crippen LogP contribution in [0.5, 0.6) is 5.75 Å². The minimum absolute atomic E-state index is 0.104. The number of para-hydroxylation sites is 2. The fourth-order valence-corrected chi connectivity index (χ4v) is 3.68. The summed E-state index contributed by atoms with van der Waals surface area (Å²) in [5, 5.41) is 5.94. The van der Waals surface area contributed by atoms with Crippen molar-refractivity contribution in [1.29, 1.82) is 0 Å². The molecule has 3 atom stereocenters. The van der Waals surface area contributed by atoms with Gasteiger partial charge in [-0.15, -0.1) is 0 Å². The minimum atomic E-state index is -0.267. The largest absolute Gasteiger partial charge is 0.483 e. The average molecular weight is 380 g/mol. The van der Waals surface area contributed by atoms with Gasteiger partial charge in [-0.2, -0.15) is 0 Å². The van der Waals surface area contributed by atoms with E-state index in [1.54, 1.807) is 24.3 Å². The highest BCUT2D eigenvalue weighted by atomic mass is 16.5. The monoisotopic (exact) mass is 380 g/mol. The molecule has 5 nitrogen and oxygen atoms in total. The number of amides is 2. The molecule has 28 heavy (non-hydrogen) atoms. The Hall–Kier alpha value is -2.82. The summed E-state index contributed by atoms with van der Waals surface area (Å²) in [4.78, 5) is 25.0. The number of hydrogen-bond donors (Lipinski definition) is 2. The van der Waals surface area contributed by atoms with Crippen LogP contribution in [-0.2, 0) is 4.79 Å². The van der Waals surface area contributed by atoms with Crippen LogP contribution in [0.2, 0.25) is 0 Å². The van der Waals surface area contributed by atoms with Gasteiger partial charge >= 0.3 is 0 Å². The van der Waals surface area contributed by atoms with Crippen LogP contribution >= 0.6 is 0 Å². The van der Waals surface area contributed by atoms with Gasteiger partial charge in [0.15, 0.2) is 6.61 Å². The normalized spacial score (nSPS) is 21.6. The second kappa shape index (κ2) is 9.40. The van der Waals surface area contributed by atoms with Crippen molar-refractivity contribution in [3.05, 3.63) is 60.2 Å². The van der Waals surface area contributed by atoms with Crippen molar-refractivity contribution in [2.24, 2.45) is 11.8 Å². The molecule has 1 aliphatic rings. The summed E-state index contributed by atoms with van der Waals surface area (Å²) in [5.74, 6) is 1.06. The lowest BCUT2D eigenvalue weighted by Gasteiger charge is -2.34. The van der Waals surface area contributed by atoms with E-state index in [4.69, 9.17) is 4.74 Å². The number of benzene rings is 2. The summed E-state index contributed by atoms with van der Waals surface area (Å²) in [7, 11) is 0. The zero-order chi connectivity index (χ0) is 19.9. The molecule has 0 bridgehead atoms. The number of ether oxygens (including phenoxy) is 1. The maximum atomic E-state index is 12.6. The molecule has 1 saturated carbocycles. The molecule has 0 heterocycles. The fourth-order valence-electron chi connectivity index (χ4n) is 3.68. The fraction of sp³-hybridized carbons (Fsp3) is 0.391. The first-order chi connectivity index (χ1) is 13.5. The first kappa shape index (κ1) is 19.9. The van der Waals surface area contributed by atoms with Gasteiger partial charge in [-0.3, -0.25) is 9.59 Å². The van der Waals surface area contributed by atoms with Gasteiger partial charge in [-0.1, -0.05) is 57.0 Å². The SMILES string of the molecule is C[C@@H]1[C@H](C)CCC[C@@H]1NC(=O)COc1ccccc1C(=O)Nc1ccccc1. The molecular formula is C23H28N2O3. The minimum Gasteiger partial charge on any atom is -0.483 e. The van der Waals surface area contributed by atoms with E-state index in [9.17, 15) is 9.59 Å². The molecule has 2 N–H and O–H groups in total. The van der Waals surface area contributed by atoms with Crippen molar-refractivity contribution in [1.82, 2.24) is 5.32 Å². The Bertz CT molecular complexity index is 807. The van der Waals surface area contributed by atoms with Crippen LogP contribution in [0.1, 0.15) is 43.5 Å². The number of anilines is 1. The lowest BCUT2D eigenvalue weighted by Crippen LogP contribution is -2.45. The van der Waals surface area contributed by atoms with Crippen molar-refractivity contribution in [3.8, 4) is 5.75 Å². The molecule has 2 aromatic rings. The molecule has 0 radical (unpaired) electrons. The van der Waals surface area contributed by atoms with Crippen LogP contribution in [-0.4, -0.2) is 24.5 Å². The molecule has 1 aliphatic carbocycles. The van der Waals surface area contributed by atoms with Crippen molar-refractivity contribution >= 4 is 17.5 Å². The molecule has 1 fully saturated rings. The third-order valence-corrected chi connectivity index (χ3v) is 5.58. The highest BCUT2D eigenvalue weighted by molar-refractivity contribution is 6.06. The van der Waals surface area contributed by atoms with E-state index >= 15 is 0 Å². The smallest absolute Gasteiger partial charge is 0.259 e. The molecule has 0 saturated heterocycles. The molecule has 0 spiro atoms. The first-order valence-corrected chi connectivity index (χ1v) is 9.92. The highest BCUT2D eigenvalue weighted by Gasteiger charge is 2.28. The summed E-state index contributed by atoms with van der Waals surface area (Å²) in [6.07, 6.45) is 3.36. The summed E-state index contributed by atoms with van der Waals surface area (Å²) in [5.41, 5.74) is 1.11. The van der Waals surface area contributed by atoms with Crippen LogP contribution in [0, 0.1) is 11.8 Å². The van der Waals surface area contributed by atoms with Gasteiger partial charge in [0.2, 0.25) is 0 Å². The lowest BCUT2D eigenvalue weighted by atomic mass is 9.78. The van der Waals surface area contributed by atoms with Gasteiger partial charge < -0.3 is 15.4 Å². The Morgan fingerprint density at radius 3 is 2.50 bits per heavy atom. The predicted octanol–water partition coefficient (Wildman–Crippen LogP) is 4.26. The van der Waals surface area contributed by atoms with Crippen molar-refractivity contribution < 1.29 is 14.3 Å². The molecule has 3 rings (SSSR count). The first-order valence-electron chi connectivity index (χ1n) is 9.92. The van der Waals surface area contributed by atoms with Gasteiger partial charge in [-0.25, -0.2) is 0 Å². The van der Waals surface area contributed by atoms with E-state index in [-0.39, 0.29) is 24.5 Å². The van der Waals surface area contributed by atoms with Crippen molar-refractivity contribution in [2.45, 2.75) is 39.2 Å². The number of hydrogen-bond acceptors (Lipinski definition) is 3. The predicted molar refractivity (Wildman–Crippen MR) is 110 cm³/mol. The Morgan fingerprint density at radius 1 is 1.00 bits per heavy atom.